The van der Waals surface area contributed by atoms with Gasteiger partial charge in [-0.15, -0.1) is 0 Å². The van der Waals surface area contributed by atoms with E-state index in [0.29, 0.717) is 19.6 Å². The average Bonchev–Trinajstić information content (AvgIpc) is 2.52. The molecule has 8 heteroatoms. The first-order valence-electron chi connectivity index (χ1n) is 7.18. The molecule has 0 bridgehead atoms. The van der Waals surface area contributed by atoms with Crippen molar-refractivity contribution in [3.63, 3.8) is 0 Å². The van der Waals surface area contributed by atoms with Crippen LogP contribution in [-0.4, -0.2) is 59.5 Å². The zero-order valence-electron chi connectivity index (χ0n) is 12.3. The molecule has 5 nitrogen and oxygen atoms in total. The molecular weight excluding hydrogens is 313 g/mol. The van der Waals surface area contributed by atoms with E-state index < -0.39 is 23.6 Å². The largest absolute Gasteiger partial charge is 0.481 e. The van der Waals surface area contributed by atoms with Gasteiger partial charge in [0.25, 0.3) is 5.91 Å². The zero-order chi connectivity index (χ0) is 17.0. The lowest BCUT2D eigenvalue weighted by molar-refractivity contribution is -0.138. The highest BCUT2D eigenvalue weighted by Gasteiger charge is 2.36. The number of alkyl halides is 3. The molecule has 1 aliphatic heterocycles. The van der Waals surface area contributed by atoms with Crippen LogP contribution in [0.15, 0.2) is 24.3 Å². The molecule has 0 spiro atoms. The van der Waals surface area contributed by atoms with Crippen LogP contribution in [0.2, 0.25) is 0 Å². The monoisotopic (exact) mass is 330 g/mol. The Morgan fingerprint density at radius 1 is 1.09 bits per heavy atom. The summed E-state index contributed by atoms with van der Waals surface area (Å²) < 4.78 is 38.9. The number of amides is 1. The van der Waals surface area contributed by atoms with E-state index in [-0.39, 0.29) is 25.1 Å². The quantitative estimate of drug-likeness (QED) is 0.916. The first-order chi connectivity index (χ1) is 10.8. The summed E-state index contributed by atoms with van der Waals surface area (Å²) in [5.74, 6) is -1.54. The molecule has 0 radical (unpaired) electrons. The number of carboxylic acids is 1. The summed E-state index contributed by atoms with van der Waals surface area (Å²) in [5, 5.41) is 8.64. The number of aliphatic carboxylic acids is 1. The number of hydrogen-bond acceptors (Lipinski definition) is 3. The Balaban J connectivity index is 2.02. The number of halogens is 3. The molecule has 1 aromatic carbocycles. The minimum Gasteiger partial charge on any atom is -0.481 e. The van der Waals surface area contributed by atoms with Crippen molar-refractivity contribution < 1.29 is 27.9 Å². The zero-order valence-corrected chi connectivity index (χ0v) is 12.3. The first-order valence-corrected chi connectivity index (χ1v) is 7.18. The van der Waals surface area contributed by atoms with Crippen molar-refractivity contribution in [1.29, 1.82) is 0 Å². The Kier molecular flexibility index (Phi) is 5.25. The van der Waals surface area contributed by atoms with Crippen LogP contribution in [0, 0.1) is 0 Å². The molecule has 2 rings (SSSR count). The predicted octanol–water partition coefficient (Wildman–Crippen LogP) is 1.94. The third-order valence-electron chi connectivity index (χ3n) is 3.76. The van der Waals surface area contributed by atoms with Crippen LogP contribution in [0.25, 0.3) is 0 Å². The number of nitrogens with zero attached hydrogens (tertiary/aromatic N) is 2. The molecule has 1 heterocycles. The van der Waals surface area contributed by atoms with E-state index in [1.807, 2.05) is 4.90 Å². The second-order valence-electron chi connectivity index (χ2n) is 5.32. The molecule has 0 aromatic heterocycles. The number of carbonyl (C=O) groups excluding carboxylic acids is 1. The molecule has 1 N–H and O–H groups in total. The van der Waals surface area contributed by atoms with Gasteiger partial charge >= 0.3 is 12.1 Å². The van der Waals surface area contributed by atoms with Gasteiger partial charge in [-0.2, -0.15) is 13.2 Å². The molecule has 1 aliphatic rings. The van der Waals surface area contributed by atoms with Crippen molar-refractivity contribution in [2.75, 3.05) is 32.7 Å². The van der Waals surface area contributed by atoms with Crippen LogP contribution in [0.5, 0.6) is 0 Å². The SMILES string of the molecule is O=C(O)CCN1CCN(C(=O)c2ccccc2C(F)(F)F)CC1. The highest BCUT2D eigenvalue weighted by atomic mass is 19.4. The lowest BCUT2D eigenvalue weighted by Crippen LogP contribution is -2.49. The van der Waals surface area contributed by atoms with Crippen molar-refractivity contribution in [1.82, 2.24) is 9.80 Å². The molecule has 0 saturated carbocycles. The summed E-state index contributed by atoms with van der Waals surface area (Å²) in [6, 6.07) is 4.74. The van der Waals surface area contributed by atoms with E-state index in [2.05, 4.69) is 0 Å². The molecule has 0 atom stereocenters. The number of piperazine rings is 1. The molecule has 126 valence electrons. The molecule has 0 unspecified atom stereocenters. The number of benzene rings is 1. The minimum atomic E-state index is -4.57. The summed E-state index contributed by atoms with van der Waals surface area (Å²) in [4.78, 5) is 26.1. The van der Waals surface area contributed by atoms with Gasteiger partial charge in [0.2, 0.25) is 0 Å². The van der Waals surface area contributed by atoms with Gasteiger partial charge in [0.1, 0.15) is 0 Å². The molecule has 1 saturated heterocycles. The van der Waals surface area contributed by atoms with Crippen LogP contribution in [0.4, 0.5) is 13.2 Å². The number of carbonyl (C=O) groups is 2. The van der Waals surface area contributed by atoms with Crippen LogP contribution < -0.4 is 0 Å². The van der Waals surface area contributed by atoms with Crippen molar-refractivity contribution in [2.45, 2.75) is 12.6 Å². The third kappa shape index (κ3) is 4.44. The van der Waals surface area contributed by atoms with Gasteiger partial charge in [-0.3, -0.25) is 14.5 Å². The van der Waals surface area contributed by atoms with E-state index in [9.17, 15) is 22.8 Å². The van der Waals surface area contributed by atoms with E-state index >= 15 is 0 Å². The summed E-state index contributed by atoms with van der Waals surface area (Å²) in [6.45, 7) is 1.84. The highest BCUT2D eigenvalue weighted by molar-refractivity contribution is 5.96. The van der Waals surface area contributed by atoms with Crippen molar-refractivity contribution in [3.05, 3.63) is 35.4 Å². The lowest BCUT2D eigenvalue weighted by Gasteiger charge is -2.34. The summed E-state index contributed by atoms with van der Waals surface area (Å²) in [6.07, 6.45) is -4.57. The maximum absolute atomic E-state index is 13.0. The molecule has 1 amide bonds. The summed E-state index contributed by atoms with van der Waals surface area (Å²) >= 11 is 0. The van der Waals surface area contributed by atoms with Gasteiger partial charge in [-0.05, 0) is 12.1 Å². The van der Waals surface area contributed by atoms with Crippen molar-refractivity contribution >= 4 is 11.9 Å². The van der Waals surface area contributed by atoms with E-state index in [4.69, 9.17) is 5.11 Å². The van der Waals surface area contributed by atoms with Gasteiger partial charge in [0.05, 0.1) is 17.5 Å². The fraction of sp³-hybridized carbons (Fsp3) is 0.467. The Labute approximate surface area is 131 Å². The van der Waals surface area contributed by atoms with Gasteiger partial charge in [-0.25, -0.2) is 0 Å². The lowest BCUT2D eigenvalue weighted by atomic mass is 10.1. The summed E-state index contributed by atoms with van der Waals surface area (Å²) in [7, 11) is 0. The Hall–Kier alpha value is -2.09. The summed E-state index contributed by atoms with van der Waals surface area (Å²) in [5.41, 5.74) is -1.28. The number of rotatable bonds is 4. The van der Waals surface area contributed by atoms with Gasteiger partial charge < -0.3 is 10.0 Å². The second-order valence-corrected chi connectivity index (χ2v) is 5.32. The molecule has 1 aromatic rings. The van der Waals surface area contributed by atoms with Crippen LogP contribution in [0.3, 0.4) is 0 Å². The molecule has 23 heavy (non-hydrogen) atoms. The topological polar surface area (TPSA) is 60.9 Å². The molecule has 1 fully saturated rings. The number of hydrogen-bond donors (Lipinski definition) is 1. The standard InChI is InChI=1S/C15H17F3N2O3/c16-15(17,18)12-4-2-1-3-11(12)14(23)20-9-7-19(8-10-20)6-5-13(21)22/h1-4H,5-10H2,(H,21,22). The Bertz CT molecular complexity index is 582. The van der Waals surface area contributed by atoms with Gasteiger partial charge in [0.15, 0.2) is 0 Å². The Morgan fingerprint density at radius 2 is 1.70 bits per heavy atom. The first kappa shape index (κ1) is 17.3. The van der Waals surface area contributed by atoms with Crippen molar-refractivity contribution in [3.8, 4) is 0 Å². The molecule has 0 aliphatic carbocycles. The van der Waals surface area contributed by atoms with Gasteiger partial charge in [0, 0.05) is 32.7 Å². The maximum Gasteiger partial charge on any atom is 0.417 e. The molecular formula is C15H17F3N2O3. The fourth-order valence-corrected chi connectivity index (χ4v) is 2.52. The smallest absolute Gasteiger partial charge is 0.417 e. The van der Waals surface area contributed by atoms with Gasteiger partial charge in [-0.1, -0.05) is 12.1 Å². The number of carboxylic acid groups (broad SMARTS) is 1. The van der Waals surface area contributed by atoms with Crippen molar-refractivity contribution in [2.24, 2.45) is 0 Å². The normalized spacial score (nSPS) is 16.4. The highest BCUT2D eigenvalue weighted by Crippen LogP contribution is 2.32. The van der Waals surface area contributed by atoms with Crippen LogP contribution >= 0.6 is 0 Å². The third-order valence-corrected chi connectivity index (χ3v) is 3.76. The van der Waals surface area contributed by atoms with E-state index in [0.717, 1.165) is 6.07 Å². The van der Waals surface area contributed by atoms with Crippen LogP contribution in [0.1, 0.15) is 22.3 Å². The van der Waals surface area contributed by atoms with E-state index in [1.54, 1.807) is 0 Å². The van der Waals surface area contributed by atoms with Crippen LogP contribution in [-0.2, 0) is 11.0 Å². The van der Waals surface area contributed by atoms with E-state index in [1.165, 1.54) is 23.1 Å². The fourth-order valence-electron chi connectivity index (χ4n) is 2.52. The minimum absolute atomic E-state index is 0.00482. The average molecular weight is 330 g/mol. The second kappa shape index (κ2) is 6.99. The Morgan fingerprint density at radius 3 is 2.26 bits per heavy atom. The predicted molar refractivity (Wildman–Crippen MR) is 76.0 cm³/mol. The maximum atomic E-state index is 13.0.